The molecule has 0 aromatic heterocycles. The minimum absolute atomic E-state index is 0.0263. The quantitative estimate of drug-likeness (QED) is 0.251. The minimum Gasteiger partial charge on any atom is -0.456 e. The maximum atomic E-state index is 14.2. The van der Waals surface area contributed by atoms with Gasteiger partial charge in [-0.05, 0) is 82.1 Å². The Bertz CT molecular complexity index is 1510. The fourth-order valence-corrected chi connectivity index (χ4v) is 6.81. The molecule has 1 aliphatic heterocycles. The van der Waals surface area contributed by atoms with Crippen LogP contribution in [0.2, 0.25) is 0 Å². The number of nitrogens with one attached hydrogen (secondary N) is 2. The van der Waals surface area contributed by atoms with Gasteiger partial charge in [-0.15, -0.1) is 0 Å². The fraction of sp³-hybridized carbons (Fsp3) is 0.750. The molecule has 5 amide bonds. The average molecular weight is 818 g/mol. The van der Waals surface area contributed by atoms with Crippen LogP contribution in [0.1, 0.15) is 122 Å². The van der Waals surface area contributed by atoms with E-state index in [4.69, 9.17) is 9.47 Å². The van der Waals surface area contributed by atoms with Gasteiger partial charge in [-0.1, -0.05) is 81.4 Å². The Balaban J connectivity index is 3.81. The smallest absolute Gasteiger partial charge is 0.334 e. The molecule has 1 rings (SSSR count). The largest absolute Gasteiger partial charge is 0.456 e. The maximum Gasteiger partial charge on any atom is 0.334 e. The van der Waals surface area contributed by atoms with Crippen molar-refractivity contribution in [2.75, 3.05) is 27.7 Å². The average Bonchev–Trinajstić information content (AvgIpc) is 3.15. The lowest BCUT2D eigenvalue weighted by Crippen LogP contribution is -2.59. The van der Waals surface area contributed by atoms with E-state index in [1.807, 2.05) is 47.6 Å². The van der Waals surface area contributed by atoms with Gasteiger partial charge in [-0.25, -0.2) is 9.59 Å². The summed E-state index contributed by atoms with van der Waals surface area (Å²) in [5, 5.41) is 5.60. The molecule has 0 fully saturated rings. The predicted octanol–water partition coefficient (Wildman–Crippen LogP) is 5.05. The molecule has 58 heavy (non-hydrogen) atoms. The van der Waals surface area contributed by atoms with Crippen molar-refractivity contribution in [2.24, 2.45) is 29.6 Å². The minimum atomic E-state index is -1.19. The third-order valence-electron chi connectivity index (χ3n) is 11.1. The molecule has 0 aromatic carbocycles. The zero-order chi connectivity index (χ0) is 44.8. The van der Waals surface area contributed by atoms with Gasteiger partial charge in [0.2, 0.25) is 23.6 Å². The number of allylic oxidation sites excluding steroid dienone is 2. The number of likely N-dealkylation sites (N-methyl/N-ethyl adjacent to an activating group) is 3. The summed E-state index contributed by atoms with van der Waals surface area (Å²) in [4.78, 5) is 100. The van der Waals surface area contributed by atoms with Crippen LogP contribution in [0.3, 0.4) is 0 Å². The third kappa shape index (κ3) is 14.9. The zero-order valence-corrected chi connectivity index (χ0v) is 38.3. The fourth-order valence-electron chi connectivity index (χ4n) is 6.81. The number of carbonyl (C=O) groups is 7. The van der Waals surface area contributed by atoms with Crippen LogP contribution in [0.4, 0.5) is 0 Å². The van der Waals surface area contributed by atoms with E-state index in [-0.39, 0.29) is 30.1 Å². The molecule has 1 aliphatic rings. The Kier molecular flexibility index (Phi) is 21.4. The first-order valence-electron chi connectivity index (χ1n) is 21.0. The molecule has 0 bridgehead atoms. The topological polar surface area (TPSA) is 172 Å². The molecule has 14 heteroatoms. The standard InChI is InChI=1S/C44H75N5O9/c1-17-20-29(10)37-30(11)21-19-22-31(12)43(55)58-38(28(9)18-2)39(51)46-36(27(7)8)42(54)49(16)33(23-25(3)4)40(52)47(14)24-34(50)45-35(26(5)6)41(53)48(15)32(13)44(56)57-37/h20,22,25-28,30,32-33,35-38H,17-19,21,23-24H2,1-16H3,(H,45,50)(H,46,51). The molecule has 8 atom stereocenters. The van der Waals surface area contributed by atoms with Crippen molar-refractivity contribution in [1.29, 1.82) is 0 Å². The van der Waals surface area contributed by atoms with Gasteiger partial charge in [-0.2, -0.15) is 0 Å². The summed E-state index contributed by atoms with van der Waals surface area (Å²) in [7, 11) is 4.44. The van der Waals surface area contributed by atoms with Crippen molar-refractivity contribution in [2.45, 2.75) is 158 Å². The van der Waals surface area contributed by atoms with Gasteiger partial charge in [0.15, 0.2) is 6.10 Å². The van der Waals surface area contributed by atoms with Gasteiger partial charge in [-0.3, -0.25) is 24.0 Å². The highest BCUT2D eigenvalue weighted by molar-refractivity contribution is 5.96. The van der Waals surface area contributed by atoms with Gasteiger partial charge in [0.1, 0.15) is 30.3 Å². The molecular weight excluding hydrogens is 743 g/mol. The summed E-state index contributed by atoms with van der Waals surface area (Å²) in [6.07, 6.45) is 4.40. The Hall–Kier alpha value is -4.23. The lowest BCUT2D eigenvalue weighted by atomic mass is 9.92. The first-order chi connectivity index (χ1) is 26.9. The molecule has 0 saturated carbocycles. The van der Waals surface area contributed by atoms with Crippen LogP contribution in [-0.4, -0.2) is 120 Å². The SMILES string of the molecule is CCC=C(C)C1OC(=O)C(C)N(C)C(=O)C(C(C)C)NC(=O)CN(C)C(=O)C(CC(C)C)N(C)C(=O)C(C(C)C)NC(=O)C(C(C)CC)OC(=O)C(C)=CCCC1C. The molecule has 8 unspecified atom stereocenters. The van der Waals surface area contributed by atoms with Crippen molar-refractivity contribution in [3.63, 3.8) is 0 Å². The number of hydrogen-bond acceptors (Lipinski definition) is 9. The highest BCUT2D eigenvalue weighted by Crippen LogP contribution is 2.25. The van der Waals surface area contributed by atoms with Crippen molar-refractivity contribution in [1.82, 2.24) is 25.3 Å². The number of rotatable bonds is 8. The summed E-state index contributed by atoms with van der Waals surface area (Å²) in [5.74, 6) is -5.36. The van der Waals surface area contributed by atoms with Crippen LogP contribution >= 0.6 is 0 Å². The molecule has 0 aliphatic carbocycles. The normalized spacial score (nSPS) is 27.4. The number of nitrogens with zero attached hydrogens (tertiary/aromatic N) is 3. The molecule has 330 valence electrons. The molecule has 0 spiro atoms. The van der Waals surface area contributed by atoms with E-state index in [0.29, 0.717) is 31.3 Å². The van der Waals surface area contributed by atoms with Crippen LogP contribution in [0.15, 0.2) is 23.3 Å². The highest BCUT2D eigenvalue weighted by atomic mass is 16.6. The first kappa shape index (κ1) is 51.8. The Morgan fingerprint density at radius 1 is 0.828 bits per heavy atom. The van der Waals surface area contributed by atoms with Gasteiger partial charge in [0.25, 0.3) is 5.91 Å². The third-order valence-corrected chi connectivity index (χ3v) is 11.1. The van der Waals surface area contributed by atoms with Crippen molar-refractivity contribution in [3.05, 3.63) is 23.3 Å². The van der Waals surface area contributed by atoms with E-state index in [0.717, 1.165) is 5.57 Å². The Morgan fingerprint density at radius 2 is 1.38 bits per heavy atom. The molecule has 0 saturated heterocycles. The van der Waals surface area contributed by atoms with Crippen LogP contribution in [0.25, 0.3) is 0 Å². The zero-order valence-electron chi connectivity index (χ0n) is 38.3. The molecule has 14 nitrogen and oxygen atoms in total. The second-order valence-electron chi connectivity index (χ2n) is 17.3. The lowest BCUT2D eigenvalue weighted by Gasteiger charge is -2.36. The van der Waals surface area contributed by atoms with Crippen LogP contribution in [0, 0.1) is 29.6 Å². The van der Waals surface area contributed by atoms with Crippen LogP contribution < -0.4 is 10.6 Å². The number of hydrogen-bond donors (Lipinski definition) is 2. The van der Waals surface area contributed by atoms with Crippen LogP contribution in [-0.2, 0) is 43.0 Å². The van der Waals surface area contributed by atoms with Gasteiger partial charge in [0.05, 0.1) is 6.54 Å². The van der Waals surface area contributed by atoms with Gasteiger partial charge in [0, 0.05) is 32.6 Å². The second-order valence-corrected chi connectivity index (χ2v) is 17.3. The van der Waals surface area contributed by atoms with Gasteiger partial charge >= 0.3 is 11.9 Å². The Labute approximate surface area is 348 Å². The lowest BCUT2D eigenvalue weighted by molar-refractivity contribution is -0.159. The van der Waals surface area contributed by atoms with Crippen LogP contribution in [0.5, 0.6) is 0 Å². The summed E-state index contributed by atoms with van der Waals surface area (Å²) in [6, 6.07) is -4.05. The second kappa shape index (κ2) is 24.0. The van der Waals surface area contributed by atoms with E-state index in [1.54, 1.807) is 54.5 Å². The number of ether oxygens (including phenoxy) is 2. The maximum absolute atomic E-state index is 14.2. The molecular formula is C44H75N5O9. The summed E-state index contributed by atoms with van der Waals surface area (Å²) in [5.41, 5.74) is 1.16. The monoisotopic (exact) mass is 818 g/mol. The van der Waals surface area contributed by atoms with Crippen molar-refractivity contribution in [3.8, 4) is 0 Å². The van der Waals surface area contributed by atoms with E-state index in [9.17, 15) is 33.6 Å². The molecule has 0 aromatic rings. The number of carbonyl (C=O) groups excluding carboxylic acids is 7. The van der Waals surface area contributed by atoms with E-state index < -0.39 is 90.3 Å². The Morgan fingerprint density at radius 3 is 1.90 bits per heavy atom. The number of esters is 2. The molecule has 2 N–H and O–H groups in total. The van der Waals surface area contributed by atoms with E-state index >= 15 is 0 Å². The van der Waals surface area contributed by atoms with Crippen molar-refractivity contribution >= 4 is 41.5 Å². The predicted molar refractivity (Wildman–Crippen MR) is 225 cm³/mol. The molecule has 1 heterocycles. The van der Waals surface area contributed by atoms with E-state index in [1.165, 1.54) is 35.8 Å². The molecule has 0 radical (unpaired) electrons. The highest BCUT2D eigenvalue weighted by Gasteiger charge is 2.39. The first-order valence-corrected chi connectivity index (χ1v) is 21.0. The summed E-state index contributed by atoms with van der Waals surface area (Å²) in [6.45, 7) is 23.2. The summed E-state index contributed by atoms with van der Waals surface area (Å²) >= 11 is 0. The van der Waals surface area contributed by atoms with E-state index in [2.05, 4.69) is 10.6 Å². The van der Waals surface area contributed by atoms with Crippen molar-refractivity contribution < 1.29 is 43.0 Å². The number of cyclic esters (lactones) is 2. The van der Waals surface area contributed by atoms with Gasteiger partial charge < -0.3 is 34.8 Å². The number of amides is 5. The summed E-state index contributed by atoms with van der Waals surface area (Å²) < 4.78 is 11.9.